The van der Waals surface area contributed by atoms with Crippen LogP contribution in [0.25, 0.3) is 0 Å². The number of aromatic nitrogens is 2. The van der Waals surface area contributed by atoms with Gasteiger partial charge in [0, 0.05) is 11.4 Å². The first-order chi connectivity index (χ1) is 8.81. The maximum absolute atomic E-state index is 5.67. The third-order valence-corrected chi connectivity index (χ3v) is 3.80. The highest BCUT2D eigenvalue weighted by Gasteiger charge is 2.09. The van der Waals surface area contributed by atoms with Crippen molar-refractivity contribution in [2.24, 2.45) is 0 Å². The zero-order valence-corrected chi connectivity index (χ0v) is 12.4. The molecule has 4 nitrogen and oxygen atoms in total. The number of nitrogens with zero attached hydrogens (tertiary/aromatic N) is 2. The lowest BCUT2D eigenvalue weighted by Gasteiger charge is -2.10. The van der Waals surface area contributed by atoms with E-state index in [1.807, 2.05) is 17.5 Å². The van der Waals surface area contributed by atoms with Crippen LogP contribution in [0.15, 0.2) is 28.3 Å². The van der Waals surface area contributed by atoms with E-state index < -0.39 is 0 Å². The standard InChI is InChI=1S/C12H14BrN3OS/c1-2-5-14-11-10(13)12(16-8-15-11)17-7-9-4-3-6-18-9/h3-4,6,8H,2,5,7H2,1H3,(H,14,15,16). The second-order valence-corrected chi connectivity index (χ2v) is 5.46. The first-order valence-corrected chi connectivity index (χ1v) is 7.38. The van der Waals surface area contributed by atoms with Crippen LogP contribution in [0.2, 0.25) is 0 Å². The molecule has 0 bridgehead atoms. The van der Waals surface area contributed by atoms with Crippen molar-refractivity contribution in [2.45, 2.75) is 20.0 Å². The molecule has 2 aromatic rings. The summed E-state index contributed by atoms with van der Waals surface area (Å²) in [5, 5.41) is 5.25. The van der Waals surface area contributed by atoms with Gasteiger partial charge in [-0.2, -0.15) is 0 Å². The van der Waals surface area contributed by atoms with E-state index in [-0.39, 0.29) is 0 Å². The molecule has 2 rings (SSSR count). The highest BCUT2D eigenvalue weighted by atomic mass is 79.9. The van der Waals surface area contributed by atoms with E-state index in [9.17, 15) is 0 Å². The molecule has 0 aliphatic rings. The molecule has 2 heterocycles. The molecule has 0 radical (unpaired) electrons. The number of hydrogen-bond acceptors (Lipinski definition) is 5. The number of halogens is 1. The molecule has 6 heteroatoms. The highest BCUT2D eigenvalue weighted by Crippen LogP contribution is 2.29. The number of hydrogen-bond donors (Lipinski definition) is 1. The van der Waals surface area contributed by atoms with Crippen LogP contribution in [0.3, 0.4) is 0 Å². The molecule has 0 aliphatic heterocycles. The molecule has 1 N–H and O–H groups in total. The largest absolute Gasteiger partial charge is 0.471 e. The van der Waals surface area contributed by atoms with Crippen molar-refractivity contribution in [3.63, 3.8) is 0 Å². The predicted molar refractivity (Wildman–Crippen MR) is 77.2 cm³/mol. The summed E-state index contributed by atoms with van der Waals surface area (Å²) >= 11 is 5.13. The lowest BCUT2D eigenvalue weighted by Crippen LogP contribution is -2.05. The van der Waals surface area contributed by atoms with Crippen molar-refractivity contribution in [1.82, 2.24) is 9.97 Å². The van der Waals surface area contributed by atoms with Crippen LogP contribution in [0.5, 0.6) is 5.88 Å². The van der Waals surface area contributed by atoms with E-state index in [4.69, 9.17) is 4.74 Å². The highest BCUT2D eigenvalue weighted by molar-refractivity contribution is 9.10. The van der Waals surface area contributed by atoms with Crippen LogP contribution < -0.4 is 10.1 Å². The maximum atomic E-state index is 5.67. The van der Waals surface area contributed by atoms with E-state index in [2.05, 4.69) is 38.1 Å². The average molecular weight is 328 g/mol. The van der Waals surface area contributed by atoms with Crippen LogP contribution in [0.1, 0.15) is 18.2 Å². The van der Waals surface area contributed by atoms with Gasteiger partial charge in [0.25, 0.3) is 0 Å². The van der Waals surface area contributed by atoms with Crippen LogP contribution in [-0.2, 0) is 6.61 Å². The Balaban J connectivity index is 2.03. The van der Waals surface area contributed by atoms with Crippen molar-refractivity contribution < 1.29 is 4.74 Å². The second kappa shape index (κ2) is 6.70. The fourth-order valence-electron chi connectivity index (χ4n) is 1.36. The molecule has 2 aromatic heterocycles. The normalized spacial score (nSPS) is 10.3. The third-order valence-electron chi connectivity index (χ3n) is 2.23. The minimum Gasteiger partial charge on any atom is -0.471 e. The Morgan fingerprint density at radius 3 is 3.06 bits per heavy atom. The summed E-state index contributed by atoms with van der Waals surface area (Å²) in [4.78, 5) is 9.48. The van der Waals surface area contributed by atoms with Gasteiger partial charge in [-0.3, -0.25) is 0 Å². The molecule has 0 saturated carbocycles. The van der Waals surface area contributed by atoms with Crippen LogP contribution in [-0.4, -0.2) is 16.5 Å². The number of anilines is 1. The Kier molecular flexibility index (Phi) is 4.95. The van der Waals surface area contributed by atoms with E-state index in [1.165, 1.54) is 11.2 Å². The Morgan fingerprint density at radius 1 is 1.44 bits per heavy atom. The van der Waals surface area contributed by atoms with Crippen molar-refractivity contribution in [1.29, 1.82) is 0 Å². The molecule has 0 aliphatic carbocycles. The van der Waals surface area contributed by atoms with Crippen LogP contribution >= 0.6 is 27.3 Å². The summed E-state index contributed by atoms with van der Waals surface area (Å²) in [5.41, 5.74) is 0. The summed E-state index contributed by atoms with van der Waals surface area (Å²) < 4.78 is 6.45. The van der Waals surface area contributed by atoms with Gasteiger partial charge in [-0.25, -0.2) is 9.97 Å². The molecular weight excluding hydrogens is 314 g/mol. The number of nitrogens with one attached hydrogen (secondary N) is 1. The van der Waals surface area contributed by atoms with Gasteiger partial charge in [0.05, 0.1) is 0 Å². The SMILES string of the molecule is CCCNc1ncnc(OCc2cccs2)c1Br. The Bertz CT molecular complexity index is 490. The first-order valence-electron chi connectivity index (χ1n) is 5.70. The molecule has 0 atom stereocenters. The summed E-state index contributed by atoms with van der Waals surface area (Å²) in [6, 6.07) is 4.04. The molecule has 0 saturated heterocycles. The quantitative estimate of drug-likeness (QED) is 0.878. The van der Waals surface area contributed by atoms with Gasteiger partial charge in [0.15, 0.2) is 0 Å². The molecule has 0 aromatic carbocycles. The molecule has 18 heavy (non-hydrogen) atoms. The second-order valence-electron chi connectivity index (χ2n) is 3.64. The molecule has 0 fully saturated rings. The van der Waals surface area contributed by atoms with Gasteiger partial charge in [0.2, 0.25) is 5.88 Å². The van der Waals surface area contributed by atoms with Crippen molar-refractivity contribution in [2.75, 3.05) is 11.9 Å². The Labute approximate surface area is 119 Å². The van der Waals surface area contributed by atoms with Crippen molar-refractivity contribution in [3.8, 4) is 5.88 Å². The number of thiophene rings is 1. The fourth-order valence-corrected chi connectivity index (χ4v) is 2.43. The lowest BCUT2D eigenvalue weighted by molar-refractivity contribution is 0.294. The first kappa shape index (κ1) is 13.3. The van der Waals surface area contributed by atoms with Crippen molar-refractivity contribution >= 4 is 33.1 Å². The third kappa shape index (κ3) is 3.43. The minimum absolute atomic E-state index is 0.528. The van der Waals surface area contributed by atoms with Gasteiger partial charge in [-0.05, 0) is 33.8 Å². The molecule has 0 unspecified atom stereocenters. The average Bonchev–Trinajstić information content (AvgIpc) is 2.89. The summed E-state index contributed by atoms with van der Waals surface area (Å²) in [6.07, 6.45) is 2.55. The molecule has 0 spiro atoms. The summed E-state index contributed by atoms with van der Waals surface area (Å²) in [5.74, 6) is 1.34. The monoisotopic (exact) mass is 327 g/mol. The van der Waals surface area contributed by atoms with Gasteiger partial charge < -0.3 is 10.1 Å². The van der Waals surface area contributed by atoms with Crippen LogP contribution in [0.4, 0.5) is 5.82 Å². The van der Waals surface area contributed by atoms with Gasteiger partial charge in [0.1, 0.15) is 23.2 Å². The molecule has 0 amide bonds. The zero-order valence-electron chi connectivity index (χ0n) is 10.0. The minimum atomic E-state index is 0.528. The Morgan fingerprint density at radius 2 is 2.33 bits per heavy atom. The maximum Gasteiger partial charge on any atom is 0.233 e. The molecule has 96 valence electrons. The summed E-state index contributed by atoms with van der Waals surface area (Å²) in [7, 11) is 0. The summed E-state index contributed by atoms with van der Waals surface area (Å²) in [6.45, 7) is 3.51. The topological polar surface area (TPSA) is 47.0 Å². The van der Waals surface area contributed by atoms with Gasteiger partial charge in [-0.1, -0.05) is 13.0 Å². The smallest absolute Gasteiger partial charge is 0.233 e. The van der Waals surface area contributed by atoms with E-state index in [0.717, 1.165) is 23.3 Å². The Hall–Kier alpha value is -1.14. The van der Waals surface area contributed by atoms with E-state index >= 15 is 0 Å². The predicted octanol–water partition coefficient (Wildman–Crippen LogP) is 3.70. The van der Waals surface area contributed by atoms with E-state index in [1.54, 1.807) is 11.3 Å². The van der Waals surface area contributed by atoms with Gasteiger partial charge >= 0.3 is 0 Å². The molecular formula is C12H14BrN3OS. The number of ether oxygens (including phenoxy) is 1. The fraction of sp³-hybridized carbons (Fsp3) is 0.333. The van der Waals surface area contributed by atoms with E-state index in [0.29, 0.717) is 12.5 Å². The van der Waals surface area contributed by atoms with Crippen molar-refractivity contribution in [3.05, 3.63) is 33.2 Å². The number of rotatable bonds is 6. The van der Waals surface area contributed by atoms with Gasteiger partial charge in [-0.15, -0.1) is 11.3 Å². The lowest BCUT2D eigenvalue weighted by atomic mass is 10.4. The van der Waals surface area contributed by atoms with Crippen LogP contribution in [0, 0.1) is 0 Å². The zero-order chi connectivity index (χ0) is 12.8.